The largest absolute Gasteiger partial charge is 0.256 e. The highest BCUT2D eigenvalue weighted by atomic mass is 14.7. The van der Waals surface area contributed by atoms with Gasteiger partial charge in [-0.1, -0.05) is 36.4 Å². The van der Waals surface area contributed by atoms with E-state index >= 15 is 0 Å². The third-order valence-electron chi connectivity index (χ3n) is 2.86. The average molecular weight is 181 g/mol. The van der Waals surface area contributed by atoms with E-state index in [1.807, 2.05) is 12.3 Å². The van der Waals surface area contributed by atoms with Crippen molar-refractivity contribution in [1.82, 2.24) is 0 Å². The predicted molar refractivity (Wildman–Crippen MR) is 59.2 cm³/mol. The first-order valence-corrected chi connectivity index (χ1v) is 4.95. The van der Waals surface area contributed by atoms with E-state index < -0.39 is 0 Å². The zero-order valence-electron chi connectivity index (χ0n) is 7.85. The smallest absolute Gasteiger partial charge is 0.0668 e. The van der Waals surface area contributed by atoms with Crippen molar-refractivity contribution >= 4 is 11.9 Å². The molecule has 0 bridgehead atoms. The van der Waals surface area contributed by atoms with Gasteiger partial charge in [0, 0.05) is 12.1 Å². The van der Waals surface area contributed by atoms with Gasteiger partial charge < -0.3 is 0 Å². The molecule has 1 nitrogen and oxygen atoms in total. The lowest BCUT2D eigenvalue weighted by molar-refractivity contribution is 0.824. The maximum absolute atomic E-state index is 4.45. The number of para-hydroxylation sites is 1. The number of hydrogen-bond acceptors (Lipinski definition) is 1. The van der Waals surface area contributed by atoms with E-state index in [1.165, 1.54) is 11.1 Å². The SMILES string of the molecule is C1=CCC2C(=C1)C=Nc1ccccc12. The fourth-order valence-electron chi connectivity index (χ4n) is 2.13. The number of hydrogen-bond donors (Lipinski definition) is 0. The molecule has 0 saturated heterocycles. The second-order valence-corrected chi connectivity index (χ2v) is 3.70. The summed E-state index contributed by atoms with van der Waals surface area (Å²) in [5, 5.41) is 0. The van der Waals surface area contributed by atoms with Crippen LogP contribution in [0.3, 0.4) is 0 Å². The average Bonchev–Trinajstić information content (AvgIpc) is 2.29. The molecular weight excluding hydrogens is 170 g/mol. The lowest BCUT2D eigenvalue weighted by Gasteiger charge is -2.24. The summed E-state index contributed by atoms with van der Waals surface area (Å²) in [6.07, 6.45) is 9.61. The third kappa shape index (κ3) is 1.06. The number of allylic oxidation sites excluding steroid dienone is 4. The van der Waals surface area contributed by atoms with Gasteiger partial charge in [-0.3, -0.25) is 4.99 Å². The predicted octanol–water partition coefficient (Wildman–Crippen LogP) is 3.37. The topological polar surface area (TPSA) is 12.4 Å². The Hall–Kier alpha value is -1.63. The normalized spacial score (nSPS) is 22.6. The van der Waals surface area contributed by atoms with Crippen LogP contribution in [0.5, 0.6) is 0 Å². The van der Waals surface area contributed by atoms with Crippen LogP contribution in [-0.4, -0.2) is 6.21 Å². The quantitative estimate of drug-likeness (QED) is 0.582. The number of fused-ring (bicyclic) bond motifs is 3. The van der Waals surface area contributed by atoms with Crippen molar-refractivity contribution in [3.8, 4) is 0 Å². The molecule has 1 aliphatic heterocycles. The molecule has 1 aromatic carbocycles. The van der Waals surface area contributed by atoms with Gasteiger partial charge in [0.15, 0.2) is 0 Å². The zero-order valence-corrected chi connectivity index (χ0v) is 7.85. The van der Waals surface area contributed by atoms with Crippen molar-refractivity contribution in [2.75, 3.05) is 0 Å². The molecule has 0 radical (unpaired) electrons. The van der Waals surface area contributed by atoms with Crippen LogP contribution in [0.4, 0.5) is 5.69 Å². The van der Waals surface area contributed by atoms with Gasteiger partial charge in [-0.05, 0) is 23.6 Å². The summed E-state index contributed by atoms with van der Waals surface area (Å²) in [7, 11) is 0. The monoisotopic (exact) mass is 181 g/mol. The minimum Gasteiger partial charge on any atom is -0.256 e. The Bertz CT molecular complexity index is 452. The highest BCUT2D eigenvalue weighted by Gasteiger charge is 2.21. The number of nitrogens with zero attached hydrogens (tertiary/aromatic N) is 1. The molecule has 3 rings (SSSR count). The van der Waals surface area contributed by atoms with Crippen molar-refractivity contribution < 1.29 is 0 Å². The fraction of sp³-hybridized carbons (Fsp3) is 0.154. The van der Waals surface area contributed by atoms with Crippen molar-refractivity contribution in [1.29, 1.82) is 0 Å². The molecule has 0 aromatic heterocycles. The summed E-state index contributed by atoms with van der Waals surface area (Å²) in [6, 6.07) is 8.41. The zero-order chi connectivity index (χ0) is 9.38. The van der Waals surface area contributed by atoms with E-state index in [0.29, 0.717) is 5.92 Å². The summed E-state index contributed by atoms with van der Waals surface area (Å²) in [5.41, 5.74) is 3.83. The molecule has 0 saturated carbocycles. The van der Waals surface area contributed by atoms with Crippen molar-refractivity contribution in [2.24, 2.45) is 4.99 Å². The van der Waals surface area contributed by atoms with Crippen LogP contribution in [0.1, 0.15) is 17.9 Å². The lowest BCUT2D eigenvalue weighted by atomic mass is 9.83. The van der Waals surface area contributed by atoms with Gasteiger partial charge >= 0.3 is 0 Å². The summed E-state index contributed by atoms with van der Waals surface area (Å²) in [6.45, 7) is 0. The van der Waals surface area contributed by atoms with E-state index in [4.69, 9.17) is 0 Å². The van der Waals surface area contributed by atoms with Gasteiger partial charge in [-0.2, -0.15) is 0 Å². The molecule has 1 heteroatoms. The molecule has 0 amide bonds. The van der Waals surface area contributed by atoms with E-state index in [2.05, 4.69) is 41.4 Å². The summed E-state index contributed by atoms with van der Waals surface area (Å²) >= 11 is 0. The summed E-state index contributed by atoms with van der Waals surface area (Å²) < 4.78 is 0. The van der Waals surface area contributed by atoms with Gasteiger partial charge in [0.05, 0.1) is 5.69 Å². The first kappa shape index (κ1) is 7.74. The number of benzene rings is 1. The van der Waals surface area contributed by atoms with Gasteiger partial charge in [-0.15, -0.1) is 0 Å². The molecule has 1 heterocycles. The highest BCUT2D eigenvalue weighted by molar-refractivity contribution is 5.87. The maximum atomic E-state index is 4.45. The van der Waals surface area contributed by atoms with E-state index in [0.717, 1.165) is 12.1 Å². The molecule has 1 atom stereocenters. The molecule has 1 unspecified atom stereocenters. The number of rotatable bonds is 0. The van der Waals surface area contributed by atoms with Crippen LogP contribution in [0.25, 0.3) is 0 Å². The Morgan fingerprint density at radius 2 is 2.14 bits per heavy atom. The Morgan fingerprint density at radius 1 is 1.21 bits per heavy atom. The van der Waals surface area contributed by atoms with Crippen LogP contribution < -0.4 is 0 Å². The van der Waals surface area contributed by atoms with Crippen LogP contribution >= 0.6 is 0 Å². The first-order valence-electron chi connectivity index (χ1n) is 4.95. The molecule has 0 spiro atoms. The molecule has 1 aliphatic carbocycles. The third-order valence-corrected chi connectivity index (χ3v) is 2.86. The van der Waals surface area contributed by atoms with E-state index in [1.54, 1.807) is 0 Å². The van der Waals surface area contributed by atoms with Gasteiger partial charge in [-0.25, -0.2) is 0 Å². The van der Waals surface area contributed by atoms with Gasteiger partial charge in [0.2, 0.25) is 0 Å². The Labute approximate surface area is 83.5 Å². The maximum Gasteiger partial charge on any atom is 0.0668 e. The minimum atomic E-state index is 0.536. The van der Waals surface area contributed by atoms with Crippen molar-refractivity contribution in [3.63, 3.8) is 0 Å². The molecule has 2 aliphatic rings. The van der Waals surface area contributed by atoms with Crippen LogP contribution in [0.2, 0.25) is 0 Å². The van der Waals surface area contributed by atoms with Crippen molar-refractivity contribution in [2.45, 2.75) is 12.3 Å². The standard InChI is InChI=1S/C13H11N/c1-2-6-11-10(5-1)9-14-13-8-4-3-7-12(11)13/h1-5,7-9,11H,6H2. The molecule has 0 fully saturated rings. The minimum absolute atomic E-state index is 0.536. The van der Waals surface area contributed by atoms with Crippen LogP contribution in [-0.2, 0) is 0 Å². The first-order chi connectivity index (χ1) is 6.95. The van der Waals surface area contributed by atoms with E-state index in [-0.39, 0.29) is 0 Å². The molecule has 14 heavy (non-hydrogen) atoms. The van der Waals surface area contributed by atoms with Crippen LogP contribution in [0.15, 0.2) is 53.1 Å². The Kier molecular flexibility index (Phi) is 1.63. The summed E-state index contributed by atoms with van der Waals surface area (Å²) in [4.78, 5) is 4.45. The molecule has 68 valence electrons. The Morgan fingerprint density at radius 3 is 3.14 bits per heavy atom. The second-order valence-electron chi connectivity index (χ2n) is 3.70. The Balaban J connectivity index is 2.18. The summed E-state index contributed by atoms with van der Waals surface area (Å²) in [5.74, 6) is 0.536. The molecular formula is C13H11N. The van der Waals surface area contributed by atoms with Crippen molar-refractivity contribution in [3.05, 3.63) is 53.6 Å². The molecule has 0 N–H and O–H groups in total. The second kappa shape index (κ2) is 2.95. The van der Waals surface area contributed by atoms with E-state index in [9.17, 15) is 0 Å². The fourth-order valence-corrected chi connectivity index (χ4v) is 2.13. The van der Waals surface area contributed by atoms with Gasteiger partial charge in [0.1, 0.15) is 0 Å². The van der Waals surface area contributed by atoms with Gasteiger partial charge in [0.25, 0.3) is 0 Å². The highest BCUT2D eigenvalue weighted by Crippen LogP contribution is 2.38. The number of aliphatic imine (C=N–C) groups is 1. The lowest BCUT2D eigenvalue weighted by Crippen LogP contribution is -2.09. The molecule has 1 aromatic rings. The van der Waals surface area contributed by atoms with Crippen LogP contribution in [0, 0.1) is 0 Å².